The molecule has 3 aromatic heterocycles. The monoisotopic (exact) mass is 490 g/mol. The summed E-state index contributed by atoms with van der Waals surface area (Å²) in [7, 11) is 0. The van der Waals surface area contributed by atoms with Gasteiger partial charge >= 0.3 is 0 Å². The van der Waals surface area contributed by atoms with Crippen molar-refractivity contribution in [1.29, 1.82) is 0 Å². The number of benzene rings is 1. The normalized spacial score (nSPS) is 14.7. The molecular formula is C25H23ClN6OS. The van der Waals surface area contributed by atoms with E-state index in [0.717, 1.165) is 38.9 Å². The van der Waals surface area contributed by atoms with Gasteiger partial charge in [-0.3, -0.25) is 19.3 Å². The molecule has 7 nitrogen and oxygen atoms in total. The van der Waals surface area contributed by atoms with Crippen LogP contribution in [0, 0.1) is 20.8 Å². The van der Waals surface area contributed by atoms with Crippen molar-refractivity contribution in [3.8, 4) is 5.00 Å². The average Bonchev–Trinajstić information content (AvgIpc) is 3.31. The van der Waals surface area contributed by atoms with Crippen molar-refractivity contribution in [2.45, 2.75) is 39.8 Å². The molecule has 1 aromatic carbocycles. The van der Waals surface area contributed by atoms with E-state index in [1.807, 2.05) is 54.0 Å². The Labute approximate surface area is 206 Å². The second-order valence-corrected chi connectivity index (χ2v) is 9.85. The minimum atomic E-state index is -0.491. The van der Waals surface area contributed by atoms with Crippen molar-refractivity contribution in [1.82, 2.24) is 25.1 Å². The number of amides is 1. The summed E-state index contributed by atoms with van der Waals surface area (Å²) in [5, 5.41) is 13.4. The van der Waals surface area contributed by atoms with Gasteiger partial charge in [0.1, 0.15) is 16.9 Å². The van der Waals surface area contributed by atoms with Gasteiger partial charge in [-0.15, -0.1) is 21.5 Å². The number of carbonyl (C=O) groups is 1. The number of carbonyl (C=O) groups excluding carboxylic acids is 1. The molecule has 1 aliphatic heterocycles. The van der Waals surface area contributed by atoms with Crippen molar-refractivity contribution >= 4 is 34.6 Å². The smallest absolute Gasteiger partial charge is 0.222 e. The zero-order valence-corrected chi connectivity index (χ0v) is 20.6. The van der Waals surface area contributed by atoms with Gasteiger partial charge in [-0.2, -0.15) is 0 Å². The number of aryl methyl sites for hydroxylation is 2. The van der Waals surface area contributed by atoms with Crippen LogP contribution in [0.3, 0.4) is 0 Å². The molecule has 172 valence electrons. The van der Waals surface area contributed by atoms with Crippen molar-refractivity contribution in [3.05, 3.63) is 92.6 Å². The number of hydrogen-bond donors (Lipinski definition) is 1. The first-order chi connectivity index (χ1) is 16.4. The summed E-state index contributed by atoms with van der Waals surface area (Å²) in [6, 6.07) is 12.8. The van der Waals surface area contributed by atoms with Crippen LogP contribution in [0.2, 0.25) is 5.02 Å². The fourth-order valence-corrected chi connectivity index (χ4v) is 5.41. The Morgan fingerprint density at radius 1 is 1.12 bits per heavy atom. The lowest BCUT2D eigenvalue weighted by Crippen LogP contribution is -2.25. The lowest BCUT2D eigenvalue weighted by atomic mass is 9.99. The summed E-state index contributed by atoms with van der Waals surface area (Å²) in [5.41, 5.74) is 4.79. The molecule has 0 bridgehead atoms. The molecule has 1 atom stereocenters. The van der Waals surface area contributed by atoms with E-state index >= 15 is 0 Å². The molecule has 5 rings (SSSR count). The Hall–Kier alpha value is -3.36. The first-order valence-electron chi connectivity index (χ1n) is 11.0. The number of aliphatic imine (C=N–C) groups is 1. The number of fused-ring (bicyclic) bond motifs is 3. The Morgan fingerprint density at radius 3 is 2.65 bits per heavy atom. The summed E-state index contributed by atoms with van der Waals surface area (Å²) in [6.07, 6.45) is 1.86. The fourth-order valence-electron chi connectivity index (χ4n) is 4.07. The maximum absolute atomic E-state index is 13.0. The molecule has 9 heteroatoms. The second-order valence-electron chi connectivity index (χ2n) is 8.21. The van der Waals surface area contributed by atoms with Crippen LogP contribution in [0.15, 0.2) is 53.7 Å². The van der Waals surface area contributed by atoms with Crippen LogP contribution in [0.1, 0.15) is 51.4 Å². The second kappa shape index (κ2) is 9.12. The predicted octanol–water partition coefficient (Wildman–Crippen LogP) is 4.90. The Morgan fingerprint density at radius 2 is 1.91 bits per heavy atom. The van der Waals surface area contributed by atoms with Crippen molar-refractivity contribution in [3.63, 3.8) is 0 Å². The molecular weight excluding hydrogens is 468 g/mol. The van der Waals surface area contributed by atoms with Gasteiger partial charge in [-0.1, -0.05) is 29.8 Å². The van der Waals surface area contributed by atoms with Gasteiger partial charge in [0.25, 0.3) is 0 Å². The van der Waals surface area contributed by atoms with Crippen molar-refractivity contribution < 1.29 is 4.79 Å². The first kappa shape index (κ1) is 22.4. The number of nitrogens with zero attached hydrogens (tertiary/aromatic N) is 5. The fraction of sp³-hybridized carbons (Fsp3) is 0.240. The number of halogens is 1. The van der Waals surface area contributed by atoms with Crippen LogP contribution in [0.5, 0.6) is 0 Å². The van der Waals surface area contributed by atoms with E-state index < -0.39 is 6.04 Å². The molecule has 34 heavy (non-hydrogen) atoms. The molecule has 0 fully saturated rings. The molecule has 1 aliphatic rings. The Kier molecular flexibility index (Phi) is 6.02. The summed E-state index contributed by atoms with van der Waals surface area (Å²) in [6.45, 7) is 6.50. The van der Waals surface area contributed by atoms with Gasteiger partial charge < -0.3 is 5.32 Å². The molecule has 4 aromatic rings. The lowest BCUT2D eigenvalue weighted by molar-refractivity contribution is -0.121. The van der Waals surface area contributed by atoms with Gasteiger partial charge in [0.05, 0.1) is 24.4 Å². The highest BCUT2D eigenvalue weighted by Gasteiger charge is 2.32. The summed E-state index contributed by atoms with van der Waals surface area (Å²) >= 11 is 7.85. The van der Waals surface area contributed by atoms with E-state index in [1.165, 1.54) is 4.88 Å². The average molecular weight is 491 g/mol. The maximum atomic E-state index is 13.0. The van der Waals surface area contributed by atoms with Gasteiger partial charge in [-0.05, 0) is 50.6 Å². The standard InChI is InChI=1S/C25H23ClN6OS/c1-14-15(2)34-25-22(14)23(17-7-9-18(26)10-8-17)29-20(24-31-30-16(3)32(24)25)12-21(33)28-13-19-6-4-5-11-27-19/h4-11,20H,12-13H2,1-3H3,(H,28,33)/t20-/m0/s1. The van der Waals surface area contributed by atoms with Crippen LogP contribution in [-0.2, 0) is 11.3 Å². The zero-order chi connectivity index (χ0) is 23.8. The molecule has 1 N–H and O–H groups in total. The van der Waals surface area contributed by atoms with Crippen LogP contribution in [0.4, 0.5) is 0 Å². The largest absolute Gasteiger partial charge is 0.350 e. The number of pyridine rings is 1. The van der Waals surface area contributed by atoms with E-state index in [1.54, 1.807) is 17.5 Å². The van der Waals surface area contributed by atoms with E-state index in [9.17, 15) is 4.79 Å². The van der Waals surface area contributed by atoms with Gasteiger partial charge in [0, 0.05) is 27.2 Å². The summed E-state index contributed by atoms with van der Waals surface area (Å²) < 4.78 is 2.04. The quantitative estimate of drug-likeness (QED) is 0.431. The van der Waals surface area contributed by atoms with E-state index in [0.29, 0.717) is 17.4 Å². The molecule has 0 saturated carbocycles. The number of aromatic nitrogens is 4. The van der Waals surface area contributed by atoms with E-state index in [-0.39, 0.29) is 12.3 Å². The van der Waals surface area contributed by atoms with Crippen LogP contribution >= 0.6 is 22.9 Å². The van der Waals surface area contributed by atoms with Crippen LogP contribution in [0.25, 0.3) is 5.00 Å². The SMILES string of the molecule is Cc1sc2c(c1C)C(c1ccc(Cl)cc1)=N[C@@H](CC(=O)NCc1ccccn1)c1nnc(C)n1-2. The Balaban J connectivity index is 1.56. The van der Waals surface area contributed by atoms with Gasteiger partial charge in [0.15, 0.2) is 5.82 Å². The Bertz CT molecular complexity index is 1390. The molecule has 1 amide bonds. The minimum absolute atomic E-state index is 0.125. The number of rotatable bonds is 5. The predicted molar refractivity (Wildman–Crippen MR) is 134 cm³/mol. The molecule has 0 saturated heterocycles. The highest BCUT2D eigenvalue weighted by molar-refractivity contribution is 7.15. The van der Waals surface area contributed by atoms with Crippen LogP contribution < -0.4 is 5.32 Å². The summed E-state index contributed by atoms with van der Waals surface area (Å²) in [4.78, 5) is 23.6. The highest BCUT2D eigenvalue weighted by Crippen LogP contribution is 2.39. The minimum Gasteiger partial charge on any atom is -0.350 e. The molecule has 4 heterocycles. The first-order valence-corrected chi connectivity index (χ1v) is 12.1. The lowest BCUT2D eigenvalue weighted by Gasteiger charge is -2.13. The number of hydrogen-bond acceptors (Lipinski definition) is 6. The van der Waals surface area contributed by atoms with Gasteiger partial charge in [0.2, 0.25) is 5.91 Å². The molecule has 0 spiro atoms. The van der Waals surface area contributed by atoms with Gasteiger partial charge in [-0.25, -0.2) is 0 Å². The van der Waals surface area contributed by atoms with Crippen molar-refractivity contribution in [2.24, 2.45) is 4.99 Å². The molecule has 0 aliphatic carbocycles. The van der Waals surface area contributed by atoms with E-state index in [2.05, 4.69) is 34.3 Å². The third-order valence-corrected chi connectivity index (χ3v) is 7.37. The zero-order valence-electron chi connectivity index (χ0n) is 19.0. The highest BCUT2D eigenvalue weighted by atomic mass is 35.5. The topological polar surface area (TPSA) is 85.1 Å². The third kappa shape index (κ3) is 4.15. The maximum Gasteiger partial charge on any atom is 0.222 e. The number of nitrogens with one attached hydrogen (secondary N) is 1. The molecule has 0 unspecified atom stereocenters. The third-order valence-electron chi connectivity index (χ3n) is 5.93. The number of thiophene rings is 1. The summed E-state index contributed by atoms with van der Waals surface area (Å²) in [5.74, 6) is 1.31. The van der Waals surface area contributed by atoms with Crippen LogP contribution in [-0.4, -0.2) is 31.4 Å². The van der Waals surface area contributed by atoms with Crippen molar-refractivity contribution in [2.75, 3.05) is 0 Å². The molecule has 0 radical (unpaired) electrons. The van der Waals surface area contributed by atoms with E-state index in [4.69, 9.17) is 16.6 Å².